The van der Waals surface area contributed by atoms with Crippen LogP contribution in [-0.4, -0.2) is 49.7 Å². The minimum Gasteiger partial charge on any atom is -0.444 e. The van der Waals surface area contributed by atoms with Crippen molar-refractivity contribution in [3.05, 3.63) is 29.8 Å². The number of anilines is 1. The van der Waals surface area contributed by atoms with Crippen LogP contribution in [0.15, 0.2) is 29.3 Å². The minimum atomic E-state index is -0.524. The lowest BCUT2D eigenvalue weighted by molar-refractivity contribution is -0.117. The molecule has 172 valence electrons. The quantitative estimate of drug-likeness (QED) is 0.434. The first-order chi connectivity index (χ1) is 14.7. The fraction of sp³-hybridized carbons (Fsp3) is 0.609. The van der Waals surface area contributed by atoms with Gasteiger partial charge in [0.05, 0.1) is 0 Å². The summed E-state index contributed by atoms with van der Waals surface area (Å²) in [5.74, 6) is 0.850. The van der Waals surface area contributed by atoms with Crippen molar-refractivity contribution in [1.29, 1.82) is 0 Å². The molecule has 1 saturated heterocycles. The predicted octanol–water partition coefficient (Wildman–Crippen LogP) is 3.17. The second-order valence-electron chi connectivity index (χ2n) is 8.75. The number of benzene rings is 1. The molecule has 0 spiro atoms. The number of nitrogens with zero attached hydrogens (tertiary/aromatic N) is 2. The van der Waals surface area contributed by atoms with Gasteiger partial charge in [-0.15, -0.1) is 0 Å². The molecular weight excluding hydrogens is 394 g/mol. The highest BCUT2D eigenvalue weighted by molar-refractivity contribution is 5.95. The summed E-state index contributed by atoms with van der Waals surface area (Å²) in [6.07, 6.45) is 2.92. The maximum Gasteiger partial charge on any atom is 0.407 e. The maximum absolute atomic E-state index is 12.1. The van der Waals surface area contributed by atoms with Gasteiger partial charge in [0, 0.05) is 44.8 Å². The minimum absolute atomic E-state index is 0.0596. The molecule has 0 aliphatic carbocycles. The van der Waals surface area contributed by atoms with Gasteiger partial charge in [-0.1, -0.05) is 25.5 Å². The van der Waals surface area contributed by atoms with Crippen LogP contribution in [0.5, 0.6) is 0 Å². The molecule has 3 N–H and O–H groups in total. The normalized spacial score (nSPS) is 15.6. The summed E-state index contributed by atoms with van der Waals surface area (Å²) in [5.41, 5.74) is 1.52. The zero-order valence-corrected chi connectivity index (χ0v) is 19.5. The van der Waals surface area contributed by atoms with E-state index in [1.165, 1.54) is 0 Å². The van der Waals surface area contributed by atoms with E-state index in [4.69, 9.17) is 4.74 Å². The van der Waals surface area contributed by atoms with E-state index in [0.29, 0.717) is 25.5 Å². The van der Waals surface area contributed by atoms with Gasteiger partial charge in [-0.3, -0.25) is 9.79 Å². The number of guanidine groups is 1. The Hall–Kier alpha value is -2.77. The fourth-order valence-corrected chi connectivity index (χ4v) is 3.39. The highest BCUT2D eigenvalue weighted by Gasteiger charge is 2.21. The first-order valence-electron chi connectivity index (χ1n) is 11.0. The summed E-state index contributed by atoms with van der Waals surface area (Å²) in [7, 11) is 1.72. The van der Waals surface area contributed by atoms with Crippen molar-refractivity contribution < 1.29 is 14.3 Å². The van der Waals surface area contributed by atoms with Crippen molar-refractivity contribution >= 4 is 23.6 Å². The zero-order chi connectivity index (χ0) is 22.9. The second-order valence-corrected chi connectivity index (χ2v) is 8.75. The fourth-order valence-electron chi connectivity index (χ4n) is 3.39. The summed E-state index contributed by atoms with van der Waals surface area (Å²) in [6.45, 7) is 9.57. The third-order valence-corrected chi connectivity index (χ3v) is 4.88. The molecule has 0 aromatic heterocycles. The van der Waals surface area contributed by atoms with Crippen LogP contribution >= 0.6 is 0 Å². The SMILES string of the molecule is CCCC(CNC(=NC)NCc1ccc(N2CCCC2=O)cc1)NC(=O)OC(C)(C)C. The van der Waals surface area contributed by atoms with E-state index in [2.05, 4.69) is 27.9 Å². The summed E-state index contributed by atoms with van der Waals surface area (Å²) in [4.78, 5) is 30.1. The monoisotopic (exact) mass is 431 g/mol. The number of carbonyl (C=O) groups is 2. The van der Waals surface area contributed by atoms with Crippen LogP contribution in [0.4, 0.5) is 10.5 Å². The summed E-state index contributed by atoms with van der Waals surface area (Å²) >= 11 is 0. The Morgan fingerprint density at radius 1 is 1.23 bits per heavy atom. The molecular formula is C23H37N5O3. The largest absolute Gasteiger partial charge is 0.444 e. The number of rotatable bonds is 8. The number of nitrogens with one attached hydrogen (secondary N) is 3. The second kappa shape index (κ2) is 11.6. The van der Waals surface area contributed by atoms with Crippen molar-refractivity contribution in [2.75, 3.05) is 25.0 Å². The molecule has 1 aliphatic rings. The number of hydrogen-bond donors (Lipinski definition) is 3. The Balaban J connectivity index is 1.82. The lowest BCUT2D eigenvalue weighted by Gasteiger charge is -2.24. The van der Waals surface area contributed by atoms with E-state index in [1.807, 2.05) is 49.9 Å². The van der Waals surface area contributed by atoms with E-state index < -0.39 is 11.7 Å². The van der Waals surface area contributed by atoms with Gasteiger partial charge < -0.3 is 25.6 Å². The molecule has 1 heterocycles. The van der Waals surface area contributed by atoms with E-state index in [-0.39, 0.29) is 11.9 Å². The summed E-state index contributed by atoms with van der Waals surface area (Å²) < 4.78 is 5.36. The van der Waals surface area contributed by atoms with E-state index >= 15 is 0 Å². The molecule has 31 heavy (non-hydrogen) atoms. The Morgan fingerprint density at radius 3 is 2.48 bits per heavy atom. The molecule has 1 unspecified atom stereocenters. The van der Waals surface area contributed by atoms with E-state index in [9.17, 15) is 9.59 Å². The first kappa shape index (κ1) is 24.5. The van der Waals surface area contributed by atoms with Crippen molar-refractivity contribution in [2.45, 2.75) is 71.6 Å². The topological polar surface area (TPSA) is 95.1 Å². The number of aliphatic imine (C=N–C) groups is 1. The molecule has 1 aliphatic heterocycles. The molecule has 1 atom stereocenters. The number of amides is 2. The molecule has 0 saturated carbocycles. The smallest absolute Gasteiger partial charge is 0.407 e. The van der Waals surface area contributed by atoms with Crippen molar-refractivity contribution in [3.63, 3.8) is 0 Å². The molecule has 1 fully saturated rings. The van der Waals surface area contributed by atoms with Crippen molar-refractivity contribution in [2.24, 2.45) is 4.99 Å². The van der Waals surface area contributed by atoms with Crippen molar-refractivity contribution in [3.8, 4) is 0 Å². The van der Waals surface area contributed by atoms with Crippen molar-refractivity contribution in [1.82, 2.24) is 16.0 Å². The van der Waals surface area contributed by atoms with Crippen LogP contribution in [0.3, 0.4) is 0 Å². The van der Waals surface area contributed by atoms with Gasteiger partial charge in [-0.2, -0.15) is 0 Å². The first-order valence-corrected chi connectivity index (χ1v) is 11.0. The van der Waals surface area contributed by atoms with Crippen LogP contribution in [0.2, 0.25) is 0 Å². The highest BCUT2D eigenvalue weighted by Crippen LogP contribution is 2.21. The van der Waals surface area contributed by atoms with Crippen LogP contribution in [0.25, 0.3) is 0 Å². The van der Waals surface area contributed by atoms with Crippen LogP contribution in [-0.2, 0) is 16.1 Å². The third kappa shape index (κ3) is 8.47. The van der Waals surface area contributed by atoms with Gasteiger partial charge in [0.25, 0.3) is 0 Å². The molecule has 1 aromatic rings. The van der Waals surface area contributed by atoms with Gasteiger partial charge in [0.2, 0.25) is 5.91 Å². The third-order valence-electron chi connectivity index (χ3n) is 4.88. The number of alkyl carbamates (subject to hydrolysis) is 1. The molecule has 2 amide bonds. The zero-order valence-electron chi connectivity index (χ0n) is 19.5. The highest BCUT2D eigenvalue weighted by atomic mass is 16.6. The molecule has 8 heteroatoms. The maximum atomic E-state index is 12.1. The van der Waals surface area contributed by atoms with E-state index in [0.717, 1.165) is 37.1 Å². The molecule has 2 rings (SSSR count). The van der Waals surface area contributed by atoms with Crippen LogP contribution in [0, 0.1) is 0 Å². The Kier molecular flexibility index (Phi) is 9.15. The average Bonchev–Trinajstić information content (AvgIpc) is 3.13. The molecule has 0 radical (unpaired) electrons. The Morgan fingerprint density at radius 2 is 1.94 bits per heavy atom. The molecule has 8 nitrogen and oxygen atoms in total. The summed E-state index contributed by atoms with van der Waals surface area (Å²) in [5, 5.41) is 9.48. The Bertz CT molecular complexity index is 755. The van der Waals surface area contributed by atoms with Gasteiger partial charge in [-0.05, 0) is 51.3 Å². The summed E-state index contributed by atoms with van der Waals surface area (Å²) in [6, 6.07) is 7.95. The van der Waals surface area contributed by atoms with Crippen LogP contribution < -0.4 is 20.9 Å². The van der Waals surface area contributed by atoms with Gasteiger partial charge >= 0.3 is 6.09 Å². The average molecular weight is 432 g/mol. The number of hydrogen-bond acceptors (Lipinski definition) is 4. The van der Waals surface area contributed by atoms with Gasteiger partial charge in [0.15, 0.2) is 5.96 Å². The van der Waals surface area contributed by atoms with Gasteiger partial charge in [0.1, 0.15) is 5.60 Å². The predicted molar refractivity (Wildman–Crippen MR) is 124 cm³/mol. The van der Waals surface area contributed by atoms with Crippen LogP contribution in [0.1, 0.15) is 58.9 Å². The lowest BCUT2D eigenvalue weighted by atomic mass is 10.1. The lowest BCUT2D eigenvalue weighted by Crippen LogP contribution is -2.48. The van der Waals surface area contributed by atoms with Gasteiger partial charge in [-0.25, -0.2) is 4.79 Å². The number of carbonyl (C=O) groups excluding carboxylic acids is 2. The molecule has 1 aromatic carbocycles. The van der Waals surface area contributed by atoms with E-state index in [1.54, 1.807) is 7.05 Å². The molecule has 0 bridgehead atoms. The standard InChI is InChI=1S/C23H37N5O3/c1-6-8-18(27-22(30)31-23(2,3)4)16-26-21(24-5)25-15-17-10-12-19(13-11-17)28-14-7-9-20(28)29/h10-13,18H,6-9,14-16H2,1-5H3,(H,27,30)(H2,24,25,26). The Labute approximate surface area is 185 Å². The number of ether oxygens (including phenoxy) is 1.